The number of carboxylic acids is 1. The first-order valence-corrected chi connectivity index (χ1v) is 9.18. The maximum Gasteiger partial charge on any atom is 0.341 e. The van der Waals surface area contributed by atoms with Crippen LogP contribution in [0.2, 0.25) is 0 Å². The first-order valence-electron chi connectivity index (χ1n) is 7.74. The smallest absolute Gasteiger partial charge is 0.341 e. The average molecular weight is 383 g/mol. The highest BCUT2D eigenvalue weighted by Gasteiger charge is 2.30. The minimum atomic E-state index is -3.98. The van der Waals surface area contributed by atoms with Crippen molar-refractivity contribution in [3.8, 4) is 5.75 Å². The molecular formula is C17H15F2NO5S. The fourth-order valence-corrected chi connectivity index (χ4v) is 4.31. The molecule has 1 aliphatic heterocycles. The molecule has 0 fully saturated rings. The van der Waals surface area contributed by atoms with Crippen molar-refractivity contribution < 1.29 is 31.8 Å². The fraction of sp³-hybridized carbons (Fsp3) is 0.235. The van der Waals surface area contributed by atoms with E-state index in [1.54, 1.807) is 0 Å². The Morgan fingerprint density at radius 1 is 1.15 bits per heavy atom. The van der Waals surface area contributed by atoms with Gasteiger partial charge in [0.1, 0.15) is 5.75 Å². The van der Waals surface area contributed by atoms with Crippen LogP contribution in [0.1, 0.15) is 12.0 Å². The molecule has 2 aromatic carbocycles. The van der Waals surface area contributed by atoms with Gasteiger partial charge in [0.2, 0.25) is 0 Å². The van der Waals surface area contributed by atoms with Gasteiger partial charge in [0.25, 0.3) is 10.0 Å². The van der Waals surface area contributed by atoms with E-state index in [1.165, 1.54) is 24.3 Å². The molecule has 1 aliphatic rings. The number of sulfonamides is 1. The summed E-state index contributed by atoms with van der Waals surface area (Å²) in [6, 6.07) is 7.15. The molecule has 0 amide bonds. The summed E-state index contributed by atoms with van der Waals surface area (Å²) in [6.07, 6.45) is 0.942. The lowest BCUT2D eigenvalue weighted by atomic mass is 10.0. The van der Waals surface area contributed by atoms with Crippen LogP contribution in [0.15, 0.2) is 41.3 Å². The average Bonchev–Trinajstić information content (AvgIpc) is 2.60. The summed E-state index contributed by atoms with van der Waals surface area (Å²) >= 11 is 0. The minimum Gasteiger partial charge on any atom is -0.482 e. The van der Waals surface area contributed by atoms with Crippen molar-refractivity contribution in [1.82, 2.24) is 0 Å². The van der Waals surface area contributed by atoms with Crippen LogP contribution in [0.25, 0.3) is 0 Å². The standard InChI is InChI=1S/C17H15F2NO5S/c18-14-8-11-2-1-7-20(16(11)9-15(14)19)26(23,24)13-5-3-12(4-6-13)25-10-17(21)22/h3-6,8-9H,1-2,7,10H2,(H,21,22). The van der Waals surface area contributed by atoms with Crippen molar-refractivity contribution in [3.63, 3.8) is 0 Å². The number of benzene rings is 2. The third kappa shape index (κ3) is 3.48. The van der Waals surface area contributed by atoms with Crippen molar-refractivity contribution in [1.29, 1.82) is 0 Å². The van der Waals surface area contributed by atoms with Crippen LogP contribution >= 0.6 is 0 Å². The maximum absolute atomic E-state index is 13.6. The number of aryl methyl sites for hydroxylation is 1. The fourth-order valence-electron chi connectivity index (χ4n) is 2.77. The van der Waals surface area contributed by atoms with E-state index in [0.29, 0.717) is 18.4 Å². The zero-order chi connectivity index (χ0) is 18.9. The van der Waals surface area contributed by atoms with Crippen LogP contribution in [-0.4, -0.2) is 32.6 Å². The minimum absolute atomic E-state index is 0.0576. The van der Waals surface area contributed by atoms with Gasteiger partial charge in [0.05, 0.1) is 10.6 Å². The van der Waals surface area contributed by atoms with Gasteiger partial charge in [0.15, 0.2) is 18.2 Å². The number of carboxylic acid groups (broad SMARTS) is 1. The van der Waals surface area contributed by atoms with Gasteiger partial charge in [0, 0.05) is 12.6 Å². The van der Waals surface area contributed by atoms with Crippen LogP contribution in [0.3, 0.4) is 0 Å². The third-order valence-corrected chi connectivity index (χ3v) is 5.80. The van der Waals surface area contributed by atoms with E-state index < -0.39 is 34.2 Å². The zero-order valence-electron chi connectivity index (χ0n) is 13.5. The van der Waals surface area contributed by atoms with E-state index in [-0.39, 0.29) is 22.9 Å². The molecule has 0 spiro atoms. The molecule has 2 aromatic rings. The quantitative estimate of drug-likeness (QED) is 0.858. The number of fused-ring (bicyclic) bond motifs is 1. The van der Waals surface area contributed by atoms with E-state index in [9.17, 15) is 22.0 Å². The second-order valence-electron chi connectivity index (χ2n) is 5.73. The molecule has 0 unspecified atom stereocenters. The van der Waals surface area contributed by atoms with Crippen molar-refractivity contribution in [3.05, 3.63) is 53.6 Å². The lowest BCUT2D eigenvalue weighted by Crippen LogP contribution is -2.35. The number of carbonyl (C=O) groups is 1. The van der Waals surface area contributed by atoms with E-state index in [4.69, 9.17) is 9.84 Å². The van der Waals surface area contributed by atoms with Gasteiger partial charge in [-0.25, -0.2) is 22.0 Å². The van der Waals surface area contributed by atoms with E-state index >= 15 is 0 Å². The highest BCUT2D eigenvalue weighted by molar-refractivity contribution is 7.92. The molecule has 1 heterocycles. The van der Waals surface area contributed by atoms with Gasteiger partial charge in [-0.05, 0) is 48.7 Å². The van der Waals surface area contributed by atoms with Crippen molar-refractivity contribution in [2.24, 2.45) is 0 Å². The monoisotopic (exact) mass is 383 g/mol. The van der Waals surface area contributed by atoms with Gasteiger partial charge in [-0.2, -0.15) is 0 Å². The Morgan fingerprint density at radius 2 is 1.81 bits per heavy atom. The molecule has 3 rings (SSSR count). The molecule has 0 radical (unpaired) electrons. The molecule has 1 N–H and O–H groups in total. The van der Waals surface area contributed by atoms with E-state index in [0.717, 1.165) is 16.4 Å². The van der Waals surface area contributed by atoms with Gasteiger partial charge in [-0.3, -0.25) is 4.31 Å². The van der Waals surface area contributed by atoms with Crippen LogP contribution in [-0.2, 0) is 21.2 Å². The molecule has 6 nitrogen and oxygen atoms in total. The van der Waals surface area contributed by atoms with Crippen molar-refractivity contribution in [2.45, 2.75) is 17.7 Å². The molecule has 0 bridgehead atoms. The lowest BCUT2D eigenvalue weighted by molar-refractivity contribution is -0.139. The molecule has 0 atom stereocenters. The number of halogens is 2. The molecule has 0 saturated heterocycles. The van der Waals surface area contributed by atoms with Crippen LogP contribution in [0.4, 0.5) is 14.5 Å². The Hall–Kier alpha value is -2.68. The number of anilines is 1. The Kier molecular flexibility index (Phi) is 4.82. The normalized spacial score (nSPS) is 14.0. The topological polar surface area (TPSA) is 83.9 Å². The summed E-state index contributed by atoms with van der Waals surface area (Å²) in [5.74, 6) is -3.06. The number of ether oxygens (including phenoxy) is 1. The van der Waals surface area contributed by atoms with Gasteiger partial charge >= 0.3 is 5.97 Å². The molecule has 0 aromatic heterocycles. The number of nitrogens with zero attached hydrogens (tertiary/aromatic N) is 1. The summed E-state index contributed by atoms with van der Waals surface area (Å²) in [5, 5.41) is 8.58. The molecule has 9 heteroatoms. The second-order valence-corrected chi connectivity index (χ2v) is 7.59. The molecular weight excluding hydrogens is 368 g/mol. The summed E-state index contributed by atoms with van der Waals surface area (Å²) in [5.41, 5.74) is 0.557. The van der Waals surface area contributed by atoms with Gasteiger partial charge < -0.3 is 9.84 Å². The first kappa shape index (κ1) is 18.1. The lowest BCUT2D eigenvalue weighted by Gasteiger charge is -2.30. The zero-order valence-corrected chi connectivity index (χ0v) is 14.3. The summed E-state index contributed by atoms with van der Waals surface area (Å²) in [4.78, 5) is 10.4. The van der Waals surface area contributed by atoms with Gasteiger partial charge in [-0.15, -0.1) is 0 Å². The predicted molar refractivity (Wildman–Crippen MR) is 88.8 cm³/mol. The van der Waals surface area contributed by atoms with Crippen molar-refractivity contribution in [2.75, 3.05) is 17.5 Å². The van der Waals surface area contributed by atoms with E-state index in [1.807, 2.05) is 0 Å². The predicted octanol–water partition coefficient (Wildman–Crippen LogP) is 2.57. The first-order chi connectivity index (χ1) is 12.3. The Balaban J connectivity index is 1.92. The Labute approximate surface area is 148 Å². The number of aliphatic carboxylic acids is 1. The number of rotatable bonds is 5. The summed E-state index contributed by atoms with van der Waals surface area (Å²) in [7, 11) is -3.98. The van der Waals surface area contributed by atoms with Crippen LogP contribution in [0.5, 0.6) is 5.75 Å². The molecule has 26 heavy (non-hydrogen) atoms. The number of hydrogen-bond acceptors (Lipinski definition) is 4. The third-order valence-electron chi connectivity index (χ3n) is 3.97. The van der Waals surface area contributed by atoms with Crippen LogP contribution in [0, 0.1) is 11.6 Å². The second kappa shape index (κ2) is 6.91. The Bertz CT molecular complexity index is 944. The molecule has 138 valence electrons. The Morgan fingerprint density at radius 3 is 2.46 bits per heavy atom. The SMILES string of the molecule is O=C(O)COc1ccc(S(=O)(=O)N2CCCc3cc(F)c(F)cc32)cc1. The highest BCUT2D eigenvalue weighted by Crippen LogP contribution is 2.33. The van der Waals surface area contributed by atoms with Crippen molar-refractivity contribution >= 4 is 21.7 Å². The highest BCUT2D eigenvalue weighted by atomic mass is 32.2. The molecule has 0 aliphatic carbocycles. The molecule has 0 saturated carbocycles. The summed E-state index contributed by atoms with van der Waals surface area (Å²) in [6.45, 7) is -0.395. The van der Waals surface area contributed by atoms with Crippen LogP contribution < -0.4 is 9.04 Å². The maximum atomic E-state index is 13.6. The van der Waals surface area contributed by atoms with E-state index in [2.05, 4.69) is 0 Å². The summed E-state index contributed by atoms with van der Waals surface area (Å²) < 4.78 is 58.9. The number of hydrogen-bond donors (Lipinski definition) is 1. The van der Waals surface area contributed by atoms with Gasteiger partial charge in [-0.1, -0.05) is 0 Å². The largest absolute Gasteiger partial charge is 0.482 e.